The average molecular weight is 439 g/mol. The number of anilines is 1. The van der Waals surface area contributed by atoms with Crippen LogP contribution in [0, 0.1) is 0 Å². The van der Waals surface area contributed by atoms with Gasteiger partial charge in [-0.3, -0.25) is 9.69 Å². The van der Waals surface area contributed by atoms with Crippen LogP contribution < -0.4 is 14.7 Å². The molecule has 32 heavy (non-hydrogen) atoms. The largest absolute Gasteiger partial charge is 0.477 e. The summed E-state index contributed by atoms with van der Waals surface area (Å²) < 4.78 is 4.42. The van der Waals surface area contributed by atoms with Crippen LogP contribution in [-0.4, -0.2) is 56.4 Å². The van der Waals surface area contributed by atoms with Gasteiger partial charge in [-0.2, -0.15) is 4.48 Å². The van der Waals surface area contributed by atoms with Crippen LogP contribution in [0.25, 0.3) is 0 Å². The summed E-state index contributed by atoms with van der Waals surface area (Å²) in [5.74, 6) is -1.30. The highest BCUT2D eigenvalue weighted by atomic mass is 16.5. The Labute approximate surface area is 187 Å². The van der Waals surface area contributed by atoms with Crippen LogP contribution >= 0.6 is 0 Å². The number of esters is 1. The lowest BCUT2D eigenvalue weighted by molar-refractivity contribution is -0.140. The SMILES string of the molecule is COC(=O)CCc1ccc([N+]2(CC(=O)O)CCN(c3ccc4c(c3)CCNC4)C2=O)cc1. The molecule has 1 saturated heterocycles. The number of nitrogens with one attached hydrogen (secondary N) is 1. The summed E-state index contributed by atoms with van der Waals surface area (Å²) in [5.41, 5.74) is 4.85. The van der Waals surface area contributed by atoms with Gasteiger partial charge in [-0.25, -0.2) is 9.59 Å². The maximum Gasteiger partial charge on any atom is 0.429 e. The van der Waals surface area contributed by atoms with E-state index in [0.717, 1.165) is 30.8 Å². The van der Waals surface area contributed by atoms with Gasteiger partial charge in [0, 0.05) is 18.7 Å². The van der Waals surface area contributed by atoms with Gasteiger partial charge in [0.2, 0.25) is 0 Å². The number of hydrogen-bond donors (Lipinski definition) is 2. The Morgan fingerprint density at radius 3 is 2.66 bits per heavy atom. The average Bonchev–Trinajstić information content (AvgIpc) is 3.13. The topological polar surface area (TPSA) is 95.9 Å². The fraction of sp³-hybridized carbons (Fsp3) is 0.375. The van der Waals surface area contributed by atoms with Crippen LogP contribution in [0.1, 0.15) is 23.1 Å². The third-order valence-corrected chi connectivity index (χ3v) is 6.37. The molecule has 0 spiro atoms. The maximum atomic E-state index is 13.6. The summed E-state index contributed by atoms with van der Waals surface area (Å²) >= 11 is 0. The second-order valence-corrected chi connectivity index (χ2v) is 8.30. The second kappa shape index (κ2) is 9.10. The molecule has 2 aromatic carbocycles. The minimum atomic E-state index is -1.02. The van der Waals surface area contributed by atoms with Crippen molar-refractivity contribution in [1.82, 2.24) is 9.80 Å². The first-order chi connectivity index (χ1) is 15.4. The zero-order chi connectivity index (χ0) is 22.7. The molecule has 2 N–H and O–H groups in total. The van der Waals surface area contributed by atoms with Crippen molar-refractivity contribution in [1.29, 1.82) is 0 Å². The molecular weight excluding hydrogens is 410 g/mol. The predicted octanol–water partition coefficient (Wildman–Crippen LogP) is 2.47. The van der Waals surface area contributed by atoms with Crippen molar-refractivity contribution in [2.24, 2.45) is 0 Å². The third-order valence-electron chi connectivity index (χ3n) is 6.37. The summed E-state index contributed by atoms with van der Waals surface area (Å²) in [6.07, 6.45) is 1.70. The van der Waals surface area contributed by atoms with E-state index in [0.29, 0.717) is 25.2 Å². The normalized spacial score (nSPS) is 20.2. The number of aryl methyl sites for hydroxylation is 1. The lowest BCUT2D eigenvalue weighted by Gasteiger charge is -2.29. The number of ether oxygens (including phenoxy) is 1. The molecule has 168 valence electrons. The van der Waals surface area contributed by atoms with E-state index in [4.69, 9.17) is 0 Å². The van der Waals surface area contributed by atoms with E-state index in [1.165, 1.54) is 18.2 Å². The summed E-state index contributed by atoms with van der Waals surface area (Å²) in [5, 5.41) is 13.0. The minimum absolute atomic E-state index is 0.233. The number of aliphatic carboxylic acids is 1. The fourth-order valence-corrected chi connectivity index (χ4v) is 4.57. The predicted molar refractivity (Wildman–Crippen MR) is 121 cm³/mol. The van der Waals surface area contributed by atoms with Crippen molar-refractivity contribution < 1.29 is 24.2 Å². The number of methoxy groups -OCH3 is 1. The number of carbonyl (C=O) groups is 3. The highest BCUT2D eigenvalue weighted by molar-refractivity contribution is 6.04. The van der Waals surface area contributed by atoms with Gasteiger partial charge in [-0.15, -0.1) is 0 Å². The monoisotopic (exact) mass is 438 g/mol. The Kier molecular flexibility index (Phi) is 6.25. The van der Waals surface area contributed by atoms with Gasteiger partial charge in [0.05, 0.1) is 13.7 Å². The Morgan fingerprint density at radius 1 is 1.16 bits per heavy atom. The molecule has 2 amide bonds. The molecule has 0 aromatic heterocycles. The van der Waals surface area contributed by atoms with E-state index < -0.39 is 5.97 Å². The number of benzene rings is 2. The molecular formula is C24H28N3O5+. The number of urea groups is 1. The number of carboxylic acids is 1. The van der Waals surface area contributed by atoms with Gasteiger partial charge in [-0.1, -0.05) is 18.2 Å². The first-order valence-corrected chi connectivity index (χ1v) is 10.8. The van der Waals surface area contributed by atoms with E-state index in [9.17, 15) is 19.5 Å². The molecule has 2 aliphatic heterocycles. The highest BCUT2D eigenvalue weighted by Crippen LogP contribution is 2.34. The minimum Gasteiger partial charge on any atom is -0.477 e. The van der Waals surface area contributed by atoms with Crippen LogP contribution in [-0.2, 0) is 33.7 Å². The first kappa shape index (κ1) is 22.0. The van der Waals surface area contributed by atoms with Crippen molar-refractivity contribution in [3.8, 4) is 0 Å². The van der Waals surface area contributed by atoms with E-state index >= 15 is 0 Å². The first-order valence-electron chi connectivity index (χ1n) is 10.8. The molecule has 1 unspecified atom stereocenters. The van der Waals surface area contributed by atoms with Gasteiger partial charge in [0.15, 0.2) is 6.54 Å². The lowest BCUT2D eigenvalue weighted by atomic mass is 10.0. The number of hydrogen-bond acceptors (Lipinski definition) is 5. The van der Waals surface area contributed by atoms with E-state index in [1.54, 1.807) is 17.0 Å². The van der Waals surface area contributed by atoms with Gasteiger partial charge in [0.25, 0.3) is 0 Å². The zero-order valence-electron chi connectivity index (χ0n) is 18.2. The molecule has 0 aliphatic carbocycles. The number of carboxylic acid groups (broad SMARTS) is 1. The van der Waals surface area contributed by atoms with Gasteiger partial charge in [0.1, 0.15) is 12.2 Å². The lowest BCUT2D eigenvalue weighted by Crippen LogP contribution is -2.55. The molecule has 0 radical (unpaired) electrons. The van der Waals surface area contributed by atoms with Gasteiger partial charge >= 0.3 is 18.0 Å². The Morgan fingerprint density at radius 2 is 1.94 bits per heavy atom. The summed E-state index contributed by atoms with van der Waals surface area (Å²) in [4.78, 5) is 38.5. The third kappa shape index (κ3) is 4.24. The number of fused-ring (bicyclic) bond motifs is 1. The molecule has 8 nitrogen and oxygen atoms in total. The van der Waals surface area contributed by atoms with Gasteiger partial charge < -0.3 is 15.2 Å². The van der Waals surface area contributed by atoms with Crippen LogP contribution in [0.2, 0.25) is 0 Å². The zero-order valence-corrected chi connectivity index (χ0v) is 18.2. The molecule has 1 atom stereocenters. The smallest absolute Gasteiger partial charge is 0.429 e. The van der Waals surface area contributed by atoms with E-state index in [1.807, 2.05) is 24.3 Å². The Bertz CT molecular complexity index is 1040. The van der Waals surface area contributed by atoms with Crippen LogP contribution in [0.5, 0.6) is 0 Å². The van der Waals surface area contributed by atoms with Crippen LogP contribution in [0.15, 0.2) is 42.5 Å². The Balaban J connectivity index is 1.60. The molecule has 2 aromatic rings. The summed E-state index contributed by atoms with van der Waals surface area (Å²) in [6.45, 7) is 2.25. The van der Waals surface area contributed by atoms with Crippen molar-refractivity contribution >= 4 is 29.3 Å². The molecule has 4 rings (SSSR count). The molecule has 1 fully saturated rings. The second-order valence-electron chi connectivity index (χ2n) is 8.30. The maximum absolute atomic E-state index is 13.6. The Hall–Kier alpha value is -3.23. The fourth-order valence-electron chi connectivity index (χ4n) is 4.57. The van der Waals surface area contributed by atoms with Crippen molar-refractivity contribution in [2.45, 2.75) is 25.8 Å². The van der Waals surface area contributed by atoms with Crippen molar-refractivity contribution in [2.75, 3.05) is 38.2 Å². The van der Waals surface area contributed by atoms with E-state index in [2.05, 4.69) is 16.1 Å². The summed E-state index contributed by atoms with van der Waals surface area (Å²) in [6, 6.07) is 13.1. The van der Waals surface area contributed by atoms with Crippen molar-refractivity contribution in [3.05, 3.63) is 59.2 Å². The van der Waals surface area contributed by atoms with Crippen molar-refractivity contribution in [3.63, 3.8) is 0 Å². The molecule has 8 heteroatoms. The molecule has 2 heterocycles. The number of nitrogens with zero attached hydrogens (tertiary/aromatic N) is 2. The number of quaternary nitrogens is 1. The molecule has 0 bridgehead atoms. The number of amides is 2. The number of carbonyl (C=O) groups excluding carboxylic acids is 2. The van der Waals surface area contributed by atoms with E-state index in [-0.39, 0.29) is 29.4 Å². The highest BCUT2D eigenvalue weighted by Gasteiger charge is 2.50. The standard InChI is InChI=1S/C24H27N3O5/c1-32-23(30)9-4-17-2-7-21(8-3-17)27(16-22(28)29)13-12-26(24(27)31)20-6-5-19-15-25-11-10-18(19)14-20/h2-3,5-8,14,25H,4,9-13,15-16H2,1H3/p+1. The van der Waals surface area contributed by atoms with Gasteiger partial charge in [-0.05, 0) is 60.3 Å². The molecule has 0 saturated carbocycles. The summed E-state index contributed by atoms with van der Waals surface area (Å²) in [7, 11) is 1.36. The quantitative estimate of drug-likeness (QED) is 0.509. The van der Waals surface area contributed by atoms with Crippen LogP contribution in [0.4, 0.5) is 16.2 Å². The molecule has 2 aliphatic rings. The number of rotatable bonds is 7. The van der Waals surface area contributed by atoms with Crippen LogP contribution in [0.3, 0.4) is 0 Å².